The molecule has 2 aromatic carbocycles. The highest BCUT2D eigenvalue weighted by Crippen LogP contribution is 2.15. The van der Waals surface area contributed by atoms with Gasteiger partial charge in [0.15, 0.2) is 6.61 Å². The number of nitrogens with one attached hydrogen (secondary N) is 1. The second-order valence-electron chi connectivity index (χ2n) is 4.37. The van der Waals surface area contributed by atoms with Crippen molar-refractivity contribution in [3.63, 3.8) is 0 Å². The van der Waals surface area contributed by atoms with E-state index in [0.717, 1.165) is 11.1 Å². The van der Waals surface area contributed by atoms with Gasteiger partial charge in [-0.3, -0.25) is 4.79 Å². The average molecular weight is 303 g/mol. The molecule has 21 heavy (non-hydrogen) atoms. The van der Waals surface area contributed by atoms with E-state index in [1.165, 1.54) is 6.21 Å². The van der Waals surface area contributed by atoms with Crippen LogP contribution in [0.15, 0.2) is 53.6 Å². The number of nitrogens with zero attached hydrogens (tertiary/aromatic N) is 1. The van der Waals surface area contributed by atoms with E-state index in [-0.39, 0.29) is 12.5 Å². The first-order chi connectivity index (χ1) is 10.2. The minimum absolute atomic E-state index is 0.0925. The van der Waals surface area contributed by atoms with E-state index in [2.05, 4.69) is 10.5 Å². The average Bonchev–Trinajstić information content (AvgIpc) is 2.48. The molecular weight excluding hydrogens is 288 g/mol. The van der Waals surface area contributed by atoms with Gasteiger partial charge in [-0.2, -0.15) is 5.10 Å². The maximum atomic E-state index is 11.6. The number of benzene rings is 2. The predicted octanol–water partition coefficient (Wildman–Crippen LogP) is 3.18. The Morgan fingerprint density at radius 2 is 1.95 bits per heavy atom. The molecule has 0 aromatic heterocycles. The number of ether oxygens (including phenoxy) is 1. The molecule has 0 unspecified atom stereocenters. The molecule has 1 amide bonds. The summed E-state index contributed by atoms with van der Waals surface area (Å²) in [6.07, 6.45) is 1.49. The highest BCUT2D eigenvalue weighted by molar-refractivity contribution is 6.33. The largest absolute Gasteiger partial charge is 0.483 e. The first kappa shape index (κ1) is 15.1. The van der Waals surface area contributed by atoms with Crippen molar-refractivity contribution < 1.29 is 9.53 Å². The van der Waals surface area contributed by atoms with Crippen LogP contribution in [0.25, 0.3) is 0 Å². The van der Waals surface area contributed by atoms with Gasteiger partial charge in [0, 0.05) is 10.6 Å². The van der Waals surface area contributed by atoms with E-state index in [9.17, 15) is 4.79 Å². The summed E-state index contributed by atoms with van der Waals surface area (Å²) in [6, 6.07) is 14.7. The molecule has 0 fully saturated rings. The third kappa shape index (κ3) is 4.61. The van der Waals surface area contributed by atoms with Crippen molar-refractivity contribution in [3.8, 4) is 5.75 Å². The van der Waals surface area contributed by atoms with Crippen LogP contribution in [0.4, 0.5) is 0 Å². The van der Waals surface area contributed by atoms with Crippen molar-refractivity contribution in [3.05, 3.63) is 64.7 Å². The van der Waals surface area contributed by atoms with E-state index in [4.69, 9.17) is 16.3 Å². The molecule has 0 spiro atoms. The fraction of sp³-hybridized carbons (Fsp3) is 0.125. The van der Waals surface area contributed by atoms with Crippen LogP contribution in [0.5, 0.6) is 5.75 Å². The van der Waals surface area contributed by atoms with Gasteiger partial charge in [-0.1, -0.05) is 48.0 Å². The van der Waals surface area contributed by atoms with E-state index < -0.39 is 0 Å². The van der Waals surface area contributed by atoms with Crippen LogP contribution >= 0.6 is 11.6 Å². The lowest BCUT2D eigenvalue weighted by atomic mass is 10.2. The Kier molecular flexibility index (Phi) is 5.35. The molecule has 4 nitrogen and oxygen atoms in total. The Hall–Kier alpha value is -2.33. The summed E-state index contributed by atoms with van der Waals surface area (Å²) < 4.78 is 5.41. The lowest BCUT2D eigenvalue weighted by Gasteiger charge is -2.07. The Bertz CT molecular complexity index is 656. The lowest BCUT2D eigenvalue weighted by Crippen LogP contribution is -2.24. The number of amides is 1. The van der Waals surface area contributed by atoms with Gasteiger partial charge in [0.2, 0.25) is 0 Å². The van der Waals surface area contributed by atoms with Crippen LogP contribution < -0.4 is 10.2 Å². The molecule has 0 saturated carbocycles. The first-order valence-electron chi connectivity index (χ1n) is 6.41. The molecule has 0 heterocycles. The maximum absolute atomic E-state index is 11.6. The highest BCUT2D eigenvalue weighted by Gasteiger charge is 2.03. The van der Waals surface area contributed by atoms with Crippen molar-refractivity contribution in [1.29, 1.82) is 0 Å². The summed E-state index contributed by atoms with van der Waals surface area (Å²) in [7, 11) is 0. The molecule has 108 valence electrons. The van der Waals surface area contributed by atoms with Crippen molar-refractivity contribution in [2.24, 2.45) is 5.10 Å². The second-order valence-corrected chi connectivity index (χ2v) is 4.78. The van der Waals surface area contributed by atoms with Crippen LogP contribution in [0.3, 0.4) is 0 Å². The fourth-order valence-electron chi connectivity index (χ4n) is 1.65. The number of hydrogen-bond donors (Lipinski definition) is 1. The number of aryl methyl sites for hydroxylation is 1. The van der Waals surface area contributed by atoms with Crippen LogP contribution in [0, 0.1) is 6.92 Å². The molecule has 5 heteroatoms. The molecule has 2 aromatic rings. The predicted molar refractivity (Wildman–Crippen MR) is 83.9 cm³/mol. The van der Waals surface area contributed by atoms with Gasteiger partial charge in [-0.25, -0.2) is 5.43 Å². The van der Waals surface area contributed by atoms with Gasteiger partial charge >= 0.3 is 0 Å². The van der Waals surface area contributed by atoms with Gasteiger partial charge in [0.1, 0.15) is 5.75 Å². The number of para-hydroxylation sites is 1. The van der Waals surface area contributed by atoms with Crippen molar-refractivity contribution >= 4 is 23.7 Å². The standard InChI is InChI=1S/C16H15ClN2O2/c1-12-6-2-5-9-15(12)21-11-16(20)19-18-10-13-7-3-4-8-14(13)17/h2-10H,11H2,1H3,(H,19,20). The number of carbonyl (C=O) groups is 1. The van der Waals surface area contributed by atoms with Crippen molar-refractivity contribution in [2.45, 2.75) is 6.92 Å². The first-order valence-corrected chi connectivity index (χ1v) is 6.79. The molecule has 0 bridgehead atoms. The zero-order valence-corrected chi connectivity index (χ0v) is 12.3. The molecule has 0 aliphatic carbocycles. The molecule has 0 saturated heterocycles. The maximum Gasteiger partial charge on any atom is 0.277 e. The number of hydrogen-bond acceptors (Lipinski definition) is 3. The van der Waals surface area contributed by atoms with E-state index in [1.54, 1.807) is 6.07 Å². The summed E-state index contributed by atoms with van der Waals surface area (Å²) in [6.45, 7) is 1.83. The van der Waals surface area contributed by atoms with E-state index in [1.807, 2.05) is 49.4 Å². The Morgan fingerprint density at radius 1 is 1.24 bits per heavy atom. The molecule has 0 atom stereocenters. The quantitative estimate of drug-likeness (QED) is 0.681. The molecule has 1 N–H and O–H groups in total. The van der Waals surface area contributed by atoms with Crippen molar-refractivity contribution in [1.82, 2.24) is 5.43 Å². The molecule has 2 rings (SSSR count). The van der Waals surface area contributed by atoms with Crippen LogP contribution in [0.1, 0.15) is 11.1 Å². The van der Waals surface area contributed by atoms with E-state index in [0.29, 0.717) is 10.8 Å². The highest BCUT2D eigenvalue weighted by atomic mass is 35.5. The summed E-state index contributed by atoms with van der Waals surface area (Å²) in [5, 5.41) is 4.42. The monoisotopic (exact) mass is 302 g/mol. The summed E-state index contributed by atoms with van der Waals surface area (Å²) in [4.78, 5) is 11.6. The van der Waals surface area contributed by atoms with Gasteiger partial charge in [-0.05, 0) is 24.6 Å². The normalized spacial score (nSPS) is 10.6. The molecule has 0 aliphatic heterocycles. The number of hydrazone groups is 1. The molecule has 0 radical (unpaired) electrons. The van der Waals surface area contributed by atoms with Crippen LogP contribution in [-0.4, -0.2) is 18.7 Å². The van der Waals surface area contributed by atoms with Crippen LogP contribution in [0.2, 0.25) is 5.02 Å². The minimum Gasteiger partial charge on any atom is -0.483 e. The summed E-state index contributed by atoms with van der Waals surface area (Å²) in [5.41, 5.74) is 4.11. The SMILES string of the molecule is Cc1ccccc1OCC(=O)NN=Cc1ccccc1Cl. The number of halogens is 1. The molecular formula is C16H15ClN2O2. The minimum atomic E-state index is -0.332. The van der Waals surface area contributed by atoms with Crippen molar-refractivity contribution in [2.75, 3.05) is 6.61 Å². The van der Waals surface area contributed by atoms with E-state index >= 15 is 0 Å². The number of carbonyl (C=O) groups excluding carboxylic acids is 1. The third-order valence-corrected chi connectivity index (χ3v) is 3.09. The van der Waals surface area contributed by atoms with Gasteiger partial charge in [0.25, 0.3) is 5.91 Å². The van der Waals surface area contributed by atoms with Gasteiger partial charge < -0.3 is 4.74 Å². The third-order valence-electron chi connectivity index (χ3n) is 2.75. The smallest absolute Gasteiger partial charge is 0.277 e. The van der Waals surface area contributed by atoms with Crippen LogP contribution in [-0.2, 0) is 4.79 Å². The Balaban J connectivity index is 1.83. The Labute approximate surface area is 128 Å². The fourth-order valence-corrected chi connectivity index (χ4v) is 1.83. The number of rotatable bonds is 5. The zero-order valence-electron chi connectivity index (χ0n) is 11.5. The van der Waals surface area contributed by atoms with Gasteiger partial charge in [0.05, 0.1) is 6.21 Å². The van der Waals surface area contributed by atoms with Gasteiger partial charge in [-0.15, -0.1) is 0 Å². The Morgan fingerprint density at radius 3 is 2.71 bits per heavy atom. The summed E-state index contributed by atoms with van der Waals surface area (Å²) in [5.74, 6) is 0.351. The summed E-state index contributed by atoms with van der Waals surface area (Å²) >= 11 is 5.97. The lowest BCUT2D eigenvalue weighted by molar-refractivity contribution is -0.123. The second kappa shape index (κ2) is 7.45. The topological polar surface area (TPSA) is 50.7 Å². The zero-order chi connectivity index (χ0) is 15.1. The molecule has 0 aliphatic rings.